The highest BCUT2D eigenvalue weighted by Gasteiger charge is 2.40. The largest absolute Gasteiger partial charge is 0.323 e. The van der Waals surface area contributed by atoms with Crippen molar-refractivity contribution in [2.75, 3.05) is 45.1 Å². The van der Waals surface area contributed by atoms with E-state index in [9.17, 15) is 13.6 Å². The van der Waals surface area contributed by atoms with Gasteiger partial charge in [0, 0.05) is 25.2 Å². The van der Waals surface area contributed by atoms with Crippen molar-refractivity contribution in [1.82, 2.24) is 15.1 Å². The molecule has 2 amide bonds. The maximum Gasteiger partial charge on any atom is 0.322 e. The SMILES string of the molecule is CN1CCCN(C(=O)Nc2c(F)cccc2F)CC12CCNCC2. The van der Waals surface area contributed by atoms with Crippen LogP contribution in [-0.2, 0) is 0 Å². The average molecular weight is 338 g/mol. The Morgan fingerprint density at radius 1 is 1.21 bits per heavy atom. The van der Waals surface area contributed by atoms with Crippen molar-refractivity contribution in [2.45, 2.75) is 24.8 Å². The Bertz CT molecular complexity index is 584. The lowest BCUT2D eigenvalue weighted by Crippen LogP contribution is -2.58. The van der Waals surface area contributed by atoms with Gasteiger partial charge in [-0.05, 0) is 51.5 Å². The van der Waals surface area contributed by atoms with Crippen LogP contribution in [0.3, 0.4) is 0 Å². The summed E-state index contributed by atoms with van der Waals surface area (Å²) in [6.45, 7) is 3.91. The van der Waals surface area contributed by atoms with Gasteiger partial charge >= 0.3 is 6.03 Å². The third-order valence-electron chi connectivity index (χ3n) is 5.23. The number of hydrogen-bond donors (Lipinski definition) is 2. The molecular weight excluding hydrogens is 314 g/mol. The first kappa shape index (κ1) is 17.1. The van der Waals surface area contributed by atoms with Crippen LogP contribution in [-0.4, -0.2) is 61.1 Å². The molecule has 0 unspecified atom stereocenters. The van der Waals surface area contributed by atoms with Crippen molar-refractivity contribution >= 4 is 11.7 Å². The fourth-order valence-corrected chi connectivity index (χ4v) is 3.70. The third-order valence-corrected chi connectivity index (χ3v) is 5.23. The van der Waals surface area contributed by atoms with Gasteiger partial charge in [-0.2, -0.15) is 0 Å². The minimum Gasteiger partial charge on any atom is -0.323 e. The van der Waals surface area contributed by atoms with E-state index in [-0.39, 0.29) is 11.2 Å². The summed E-state index contributed by atoms with van der Waals surface area (Å²) in [5, 5.41) is 5.77. The summed E-state index contributed by atoms with van der Waals surface area (Å²) in [6.07, 6.45) is 2.77. The van der Waals surface area contributed by atoms with E-state index in [2.05, 4.69) is 22.6 Å². The topological polar surface area (TPSA) is 47.6 Å². The zero-order valence-electron chi connectivity index (χ0n) is 13.9. The number of anilines is 1. The van der Waals surface area contributed by atoms with Crippen LogP contribution in [0.1, 0.15) is 19.3 Å². The second kappa shape index (κ2) is 7.03. The van der Waals surface area contributed by atoms with Gasteiger partial charge in [0.05, 0.1) is 0 Å². The van der Waals surface area contributed by atoms with Crippen LogP contribution in [0.2, 0.25) is 0 Å². The molecule has 0 bridgehead atoms. The van der Waals surface area contributed by atoms with Gasteiger partial charge < -0.3 is 15.5 Å². The molecule has 2 aliphatic heterocycles. The van der Waals surface area contributed by atoms with E-state index in [4.69, 9.17) is 0 Å². The number of urea groups is 1. The fraction of sp³-hybridized carbons (Fsp3) is 0.588. The van der Waals surface area contributed by atoms with Crippen LogP contribution in [0.25, 0.3) is 0 Å². The van der Waals surface area contributed by atoms with Gasteiger partial charge in [-0.3, -0.25) is 4.90 Å². The van der Waals surface area contributed by atoms with Gasteiger partial charge in [-0.1, -0.05) is 6.07 Å². The number of amides is 2. The standard InChI is InChI=1S/C17H24F2N4O/c1-22-10-3-11-23(12-17(22)6-8-20-9-7-17)16(24)21-15-13(18)4-2-5-14(15)19/h2,4-5,20H,3,6-12H2,1H3,(H,21,24). The summed E-state index contributed by atoms with van der Waals surface area (Å²) in [6, 6.07) is 3.13. The number of hydrogen-bond acceptors (Lipinski definition) is 3. The molecule has 0 radical (unpaired) electrons. The second-order valence-electron chi connectivity index (χ2n) is 6.70. The Hall–Kier alpha value is -1.73. The van der Waals surface area contributed by atoms with Crippen LogP contribution >= 0.6 is 0 Å². The van der Waals surface area contributed by atoms with Crippen molar-refractivity contribution in [3.05, 3.63) is 29.8 Å². The highest BCUT2D eigenvalue weighted by atomic mass is 19.1. The van der Waals surface area contributed by atoms with Gasteiger partial charge in [0.1, 0.15) is 17.3 Å². The fourth-order valence-electron chi connectivity index (χ4n) is 3.70. The Labute approximate surface area is 141 Å². The number of likely N-dealkylation sites (N-methyl/N-ethyl adjacent to an activating group) is 1. The molecule has 2 N–H and O–H groups in total. The number of benzene rings is 1. The Morgan fingerprint density at radius 3 is 2.54 bits per heavy atom. The molecule has 0 aliphatic carbocycles. The predicted molar refractivity (Wildman–Crippen MR) is 89.0 cm³/mol. The molecule has 0 saturated carbocycles. The van der Waals surface area contributed by atoms with E-state index in [0.29, 0.717) is 13.1 Å². The molecule has 1 aromatic rings. The van der Waals surface area contributed by atoms with Gasteiger partial charge in [0.25, 0.3) is 0 Å². The van der Waals surface area contributed by atoms with Crippen molar-refractivity contribution in [1.29, 1.82) is 0 Å². The van der Waals surface area contributed by atoms with E-state index in [1.165, 1.54) is 6.07 Å². The molecule has 24 heavy (non-hydrogen) atoms. The normalized spacial score (nSPS) is 21.5. The third kappa shape index (κ3) is 3.37. The maximum atomic E-state index is 13.8. The first-order valence-electron chi connectivity index (χ1n) is 8.44. The van der Waals surface area contributed by atoms with Crippen LogP contribution < -0.4 is 10.6 Å². The molecule has 3 rings (SSSR count). The first-order valence-corrected chi connectivity index (χ1v) is 8.44. The smallest absolute Gasteiger partial charge is 0.322 e. The molecule has 0 aromatic heterocycles. The number of halogens is 2. The summed E-state index contributed by atoms with van der Waals surface area (Å²) in [5.41, 5.74) is -0.438. The summed E-state index contributed by atoms with van der Waals surface area (Å²) in [4.78, 5) is 16.6. The second-order valence-corrected chi connectivity index (χ2v) is 6.70. The Kier molecular flexibility index (Phi) is 5.01. The summed E-state index contributed by atoms with van der Waals surface area (Å²) < 4.78 is 27.6. The van der Waals surface area contributed by atoms with Crippen molar-refractivity contribution in [3.8, 4) is 0 Å². The number of piperidine rings is 1. The Morgan fingerprint density at radius 2 is 1.88 bits per heavy atom. The van der Waals surface area contributed by atoms with Crippen LogP contribution in [0.5, 0.6) is 0 Å². The van der Waals surface area contributed by atoms with E-state index in [1.807, 2.05) is 0 Å². The van der Waals surface area contributed by atoms with E-state index < -0.39 is 17.7 Å². The molecule has 2 saturated heterocycles. The molecule has 2 aliphatic rings. The van der Waals surface area contributed by atoms with Crippen molar-refractivity contribution in [2.24, 2.45) is 0 Å². The molecule has 1 spiro atoms. The monoisotopic (exact) mass is 338 g/mol. The van der Waals surface area contributed by atoms with Crippen LogP contribution in [0.4, 0.5) is 19.3 Å². The molecule has 2 fully saturated rings. The molecule has 132 valence electrons. The lowest BCUT2D eigenvalue weighted by Gasteiger charge is -2.45. The van der Waals surface area contributed by atoms with Crippen molar-refractivity contribution < 1.29 is 13.6 Å². The number of carbonyl (C=O) groups excluding carboxylic acids is 1. The van der Waals surface area contributed by atoms with Crippen LogP contribution in [0, 0.1) is 11.6 Å². The average Bonchev–Trinajstić information content (AvgIpc) is 2.72. The van der Waals surface area contributed by atoms with Gasteiger partial charge in [-0.25, -0.2) is 13.6 Å². The first-order chi connectivity index (χ1) is 11.5. The summed E-state index contributed by atoms with van der Waals surface area (Å²) in [7, 11) is 2.10. The lowest BCUT2D eigenvalue weighted by molar-refractivity contribution is 0.0744. The number of para-hydroxylation sites is 1. The van der Waals surface area contributed by atoms with E-state index in [1.54, 1.807) is 4.90 Å². The van der Waals surface area contributed by atoms with Crippen LogP contribution in [0.15, 0.2) is 18.2 Å². The van der Waals surface area contributed by atoms with E-state index in [0.717, 1.165) is 51.0 Å². The lowest BCUT2D eigenvalue weighted by atomic mass is 9.86. The number of nitrogens with zero attached hydrogens (tertiary/aromatic N) is 2. The highest BCUT2D eigenvalue weighted by molar-refractivity contribution is 5.89. The molecule has 2 heterocycles. The minimum absolute atomic E-state index is 0.0626. The number of rotatable bonds is 1. The van der Waals surface area contributed by atoms with Gasteiger partial charge in [0.2, 0.25) is 0 Å². The summed E-state index contributed by atoms with van der Waals surface area (Å²) >= 11 is 0. The molecule has 0 atom stereocenters. The molecular formula is C17H24F2N4O. The van der Waals surface area contributed by atoms with E-state index >= 15 is 0 Å². The van der Waals surface area contributed by atoms with Gasteiger partial charge in [-0.15, -0.1) is 0 Å². The van der Waals surface area contributed by atoms with Crippen molar-refractivity contribution in [3.63, 3.8) is 0 Å². The molecule has 1 aromatic carbocycles. The molecule has 7 heteroatoms. The number of carbonyl (C=O) groups is 1. The Balaban J connectivity index is 1.76. The quantitative estimate of drug-likeness (QED) is 0.826. The maximum absolute atomic E-state index is 13.8. The predicted octanol–water partition coefficient (Wildman–Crippen LogP) is 2.26. The minimum atomic E-state index is -0.758. The highest BCUT2D eigenvalue weighted by Crippen LogP contribution is 2.29. The number of nitrogens with one attached hydrogen (secondary N) is 2. The zero-order valence-corrected chi connectivity index (χ0v) is 13.9. The zero-order chi connectivity index (χ0) is 17.2. The molecule has 5 nitrogen and oxygen atoms in total. The summed E-state index contributed by atoms with van der Waals surface area (Å²) in [5.74, 6) is -1.52. The van der Waals surface area contributed by atoms with Gasteiger partial charge in [0.15, 0.2) is 0 Å².